The highest BCUT2D eigenvalue weighted by atomic mass is 16.5. The predicted octanol–water partition coefficient (Wildman–Crippen LogP) is 2.96. The van der Waals surface area contributed by atoms with Crippen molar-refractivity contribution in [2.75, 3.05) is 7.11 Å². The number of aliphatic hydroxyl groups is 1. The fraction of sp³-hybridized carbons (Fsp3) is 0.312. The molecule has 0 saturated carbocycles. The Morgan fingerprint density at radius 1 is 1.16 bits per heavy atom. The summed E-state index contributed by atoms with van der Waals surface area (Å²) in [5.74, 6) is 0.589. The zero-order chi connectivity index (χ0) is 14.0. The van der Waals surface area contributed by atoms with Gasteiger partial charge in [-0.05, 0) is 49.6 Å². The molecule has 1 aromatic heterocycles. The summed E-state index contributed by atoms with van der Waals surface area (Å²) in [7, 11) is 1.58. The molecular weight excluding hydrogens is 238 g/mol. The Labute approximate surface area is 113 Å². The number of nitrogens with zero attached hydrogens (tertiary/aromatic N) is 1. The number of aryl methyl sites for hydroxylation is 2. The third-order valence-corrected chi connectivity index (χ3v) is 3.52. The van der Waals surface area contributed by atoms with E-state index in [-0.39, 0.29) is 0 Å². The molecule has 0 fully saturated rings. The van der Waals surface area contributed by atoms with Crippen molar-refractivity contribution >= 4 is 0 Å². The van der Waals surface area contributed by atoms with Gasteiger partial charge in [0.15, 0.2) is 0 Å². The minimum atomic E-state index is -1.18. The van der Waals surface area contributed by atoms with Crippen LogP contribution in [0.1, 0.15) is 29.3 Å². The van der Waals surface area contributed by atoms with E-state index in [0.717, 1.165) is 11.1 Å². The molecule has 0 amide bonds. The highest BCUT2D eigenvalue weighted by Crippen LogP contribution is 2.34. The lowest BCUT2D eigenvalue weighted by molar-refractivity contribution is 0.0938. The van der Waals surface area contributed by atoms with E-state index in [9.17, 15) is 5.11 Å². The third kappa shape index (κ3) is 2.47. The standard InChI is InChI=1S/C16H19NO2/c1-11-7-8-13(10-12(11)2)16(3,18)15-14(19-4)6-5-9-17-15/h5-10,18H,1-4H3. The second kappa shape index (κ2) is 5.02. The molecule has 1 atom stereocenters. The summed E-state index contributed by atoms with van der Waals surface area (Å²) < 4.78 is 5.28. The molecule has 19 heavy (non-hydrogen) atoms. The molecular formula is C16H19NO2. The van der Waals surface area contributed by atoms with Gasteiger partial charge < -0.3 is 9.84 Å². The van der Waals surface area contributed by atoms with Crippen LogP contribution in [0.2, 0.25) is 0 Å². The molecule has 0 bridgehead atoms. The molecule has 2 aromatic rings. The van der Waals surface area contributed by atoms with Crippen LogP contribution in [0.4, 0.5) is 0 Å². The van der Waals surface area contributed by atoms with Gasteiger partial charge in [-0.3, -0.25) is 4.98 Å². The third-order valence-electron chi connectivity index (χ3n) is 3.52. The van der Waals surface area contributed by atoms with Gasteiger partial charge in [-0.15, -0.1) is 0 Å². The van der Waals surface area contributed by atoms with Gasteiger partial charge >= 0.3 is 0 Å². The van der Waals surface area contributed by atoms with Crippen LogP contribution < -0.4 is 4.74 Å². The van der Waals surface area contributed by atoms with Crippen LogP contribution in [0, 0.1) is 13.8 Å². The molecule has 0 saturated heterocycles. The summed E-state index contributed by atoms with van der Waals surface area (Å²) in [4.78, 5) is 4.27. The van der Waals surface area contributed by atoms with Crippen LogP contribution in [-0.2, 0) is 5.60 Å². The van der Waals surface area contributed by atoms with Crippen LogP contribution in [0.15, 0.2) is 36.5 Å². The second-order valence-corrected chi connectivity index (χ2v) is 4.93. The molecule has 3 heteroatoms. The van der Waals surface area contributed by atoms with E-state index in [1.165, 1.54) is 5.56 Å². The van der Waals surface area contributed by atoms with Gasteiger partial charge in [0.2, 0.25) is 0 Å². The summed E-state index contributed by atoms with van der Waals surface area (Å²) in [6.45, 7) is 5.82. The summed E-state index contributed by atoms with van der Waals surface area (Å²) in [5, 5.41) is 10.8. The number of pyridine rings is 1. The zero-order valence-electron chi connectivity index (χ0n) is 11.8. The molecule has 0 aliphatic carbocycles. The first kappa shape index (κ1) is 13.6. The second-order valence-electron chi connectivity index (χ2n) is 4.93. The molecule has 0 radical (unpaired) electrons. The smallest absolute Gasteiger partial charge is 0.143 e. The van der Waals surface area contributed by atoms with E-state index in [0.29, 0.717) is 11.4 Å². The molecule has 100 valence electrons. The summed E-state index contributed by atoms with van der Waals surface area (Å²) >= 11 is 0. The van der Waals surface area contributed by atoms with Gasteiger partial charge in [-0.25, -0.2) is 0 Å². The molecule has 1 aromatic carbocycles. The van der Waals surface area contributed by atoms with Crippen molar-refractivity contribution in [2.45, 2.75) is 26.4 Å². The van der Waals surface area contributed by atoms with E-state index in [1.807, 2.05) is 25.1 Å². The first-order valence-electron chi connectivity index (χ1n) is 6.26. The van der Waals surface area contributed by atoms with E-state index in [4.69, 9.17) is 4.74 Å². The Hall–Kier alpha value is -1.87. The Balaban J connectivity index is 2.54. The van der Waals surface area contributed by atoms with Gasteiger partial charge in [-0.1, -0.05) is 18.2 Å². The van der Waals surface area contributed by atoms with E-state index in [2.05, 4.69) is 11.9 Å². The summed E-state index contributed by atoms with van der Waals surface area (Å²) in [6.07, 6.45) is 1.66. The minimum Gasteiger partial charge on any atom is -0.495 e. The number of methoxy groups -OCH3 is 1. The topological polar surface area (TPSA) is 42.4 Å². The highest BCUT2D eigenvalue weighted by molar-refractivity contribution is 5.42. The quantitative estimate of drug-likeness (QED) is 0.919. The Morgan fingerprint density at radius 2 is 1.89 bits per heavy atom. The number of hydrogen-bond acceptors (Lipinski definition) is 3. The maximum atomic E-state index is 10.8. The van der Waals surface area contributed by atoms with Crippen molar-refractivity contribution in [3.05, 3.63) is 58.9 Å². The SMILES string of the molecule is COc1cccnc1C(C)(O)c1ccc(C)c(C)c1. The van der Waals surface area contributed by atoms with Crippen LogP contribution in [0.5, 0.6) is 5.75 Å². The molecule has 1 N–H and O–H groups in total. The number of ether oxygens (including phenoxy) is 1. The normalized spacial score (nSPS) is 13.9. The van der Waals surface area contributed by atoms with Crippen molar-refractivity contribution in [3.63, 3.8) is 0 Å². The van der Waals surface area contributed by atoms with E-state index >= 15 is 0 Å². The Bertz CT molecular complexity index is 591. The Kier molecular flexibility index (Phi) is 3.58. The molecule has 3 nitrogen and oxygen atoms in total. The van der Waals surface area contributed by atoms with Crippen molar-refractivity contribution in [1.82, 2.24) is 4.98 Å². The molecule has 2 rings (SSSR count). The monoisotopic (exact) mass is 257 g/mol. The lowest BCUT2D eigenvalue weighted by Gasteiger charge is -2.25. The van der Waals surface area contributed by atoms with Crippen molar-refractivity contribution < 1.29 is 9.84 Å². The highest BCUT2D eigenvalue weighted by Gasteiger charge is 2.30. The van der Waals surface area contributed by atoms with E-state index < -0.39 is 5.60 Å². The van der Waals surface area contributed by atoms with Gasteiger partial charge in [0, 0.05) is 6.20 Å². The lowest BCUT2D eigenvalue weighted by atomic mass is 9.89. The lowest BCUT2D eigenvalue weighted by Crippen LogP contribution is -2.25. The van der Waals surface area contributed by atoms with E-state index in [1.54, 1.807) is 32.4 Å². The van der Waals surface area contributed by atoms with Gasteiger partial charge in [0.25, 0.3) is 0 Å². The first-order chi connectivity index (χ1) is 8.96. The molecule has 1 heterocycles. The predicted molar refractivity (Wildman–Crippen MR) is 75.4 cm³/mol. The van der Waals surface area contributed by atoms with Crippen LogP contribution in [-0.4, -0.2) is 17.2 Å². The number of aromatic nitrogens is 1. The average molecular weight is 257 g/mol. The number of hydrogen-bond donors (Lipinski definition) is 1. The fourth-order valence-electron chi connectivity index (χ4n) is 2.10. The van der Waals surface area contributed by atoms with Crippen LogP contribution in [0.25, 0.3) is 0 Å². The maximum Gasteiger partial charge on any atom is 0.143 e. The molecule has 0 spiro atoms. The summed E-state index contributed by atoms with van der Waals surface area (Å²) in [5.41, 5.74) is 2.51. The maximum absolute atomic E-state index is 10.8. The molecule has 0 aliphatic heterocycles. The summed E-state index contributed by atoms with van der Waals surface area (Å²) in [6, 6.07) is 9.52. The van der Waals surface area contributed by atoms with Gasteiger partial charge in [-0.2, -0.15) is 0 Å². The van der Waals surface area contributed by atoms with Gasteiger partial charge in [0.05, 0.1) is 7.11 Å². The van der Waals surface area contributed by atoms with Crippen LogP contribution >= 0.6 is 0 Å². The van der Waals surface area contributed by atoms with Crippen molar-refractivity contribution in [1.29, 1.82) is 0 Å². The minimum absolute atomic E-state index is 0.528. The van der Waals surface area contributed by atoms with Crippen molar-refractivity contribution in [3.8, 4) is 5.75 Å². The fourth-order valence-corrected chi connectivity index (χ4v) is 2.10. The first-order valence-corrected chi connectivity index (χ1v) is 6.26. The van der Waals surface area contributed by atoms with Crippen molar-refractivity contribution in [2.24, 2.45) is 0 Å². The Morgan fingerprint density at radius 3 is 2.53 bits per heavy atom. The van der Waals surface area contributed by atoms with Crippen LogP contribution in [0.3, 0.4) is 0 Å². The van der Waals surface area contributed by atoms with Gasteiger partial charge in [0.1, 0.15) is 17.0 Å². The zero-order valence-corrected chi connectivity index (χ0v) is 11.8. The molecule has 1 unspecified atom stereocenters. The largest absolute Gasteiger partial charge is 0.495 e. The average Bonchev–Trinajstić information content (AvgIpc) is 2.41. The number of rotatable bonds is 3. The number of benzene rings is 1. The molecule has 0 aliphatic rings.